The van der Waals surface area contributed by atoms with Crippen molar-refractivity contribution in [3.05, 3.63) is 82.3 Å². The molecule has 128 valence electrons. The first-order valence-electron chi connectivity index (χ1n) is 7.74. The summed E-state index contributed by atoms with van der Waals surface area (Å²) in [7, 11) is 0. The van der Waals surface area contributed by atoms with Gasteiger partial charge in [0.15, 0.2) is 0 Å². The number of ether oxygens (including phenoxy) is 1. The number of benzene rings is 3. The summed E-state index contributed by atoms with van der Waals surface area (Å²) in [5, 5.41) is 1.49. The Morgan fingerprint density at radius 1 is 0.923 bits per heavy atom. The van der Waals surface area contributed by atoms with Crippen LogP contribution in [0, 0.1) is 0 Å². The molecule has 6 heteroatoms. The van der Waals surface area contributed by atoms with E-state index in [9.17, 15) is 4.79 Å². The van der Waals surface area contributed by atoms with E-state index in [1.807, 2.05) is 42.5 Å². The molecule has 0 fully saturated rings. The summed E-state index contributed by atoms with van der Waals surface area (Å²) >= 11 is 13.4. The molecule has 26 heavy (non-hydrogen) atoms. The average molecular weight is 400 g/mol. The molecule has 0 saturated carbocycles. The van der Waals surface area contributed by atoms with Crippen LogP contribution in [-0.2, 0) is 0 Å². The number of fused-ring (bicyclic) bond motifs is 1. The number of esters is 1. The fraction of sp³-hybridized carbons (Fsp3) is 0. The van der Waals surface area contributed by atoms with Gasteiger partial charge in [0.1, 0.15) is 10.8 Å². The predicted octanol–water partition coefficient (Wildman–Crippen LogP) is 6.49. The summed E-state index contributed by atoms with van der Waals surface area (Å²) < 4.78 is 6.68. The molecule has 4 aromatic rings. The van der Waals surface area contributed by atoms with E-state index in [0.717, 1.165) is 20.8 Å². The van der Waals surface area contributed by atoms with Gasteiger partial charge in [-0.05, 0) is 42.5 Å². The highest BCUT2D eigenvalue weighted by molar-refractivity contribution is 7.21. The minimum atomic E-state index is -0.503. The van der Waals surface area contributed by atoms with E-state index in [-0.39, 0.29) is 0 Å². The fourth-order valence-corrected chi connectivity index (χ4v) is 3.80. The van der Waals surface area contributed by atoms with Gasteiger partial charge < -0.3 is 4.74 Å². The topological polar surface area (TPSA) is 39.2 Å². The molecule has 0 bridgehead atoms. The first-order valence-corrected chi connectivity index (χ1v) is 9.31. The molecule has 0 unspecified atom stereocenters. The molecule has 3 nitrogen and oxygen atoms in total. The molecule has 0 aliphatic carbocycles. The number of thiazole rings is 1. The van der Waals surface area contributed by atoms with Crippen molar-refractivity contribution in [1.29, 1.82) is 0 Å². The number of carbonyl (C=O) groups excluding carboxylic acids is 1. The van der Waals surface area contributed by atoms with Crippen LogP contribution in [0.4, 0.5) is 0 Å². The van der Waals surface area contributed by atoms with Crippen LogP contribution in [0.5, 0.6) is 5.75 Å². The largest absolute Gasteiger partial charge is 0.422 e. The van der Waals surface area contributed by atoms with Crippen molar-refractivity contribution < 1.29 is 9.53 Å². The van der Waals surface area contributed by atoms with E-state index in [2.05, 4.69) is 4.98 Å². The number of aromatic nitrogens is 1. The molecule has 0 aliphatic heterocycles. The van der Waals surface area contributed by atoms with Gasteiger partial charge in [0.2, 0.25) is 0 Å². The normalized spacial score (nSPS) is 10.8. The van der Waals surface area contributed by atoms with Crippen molar-refractivity contribution in [2.75, 3.05) is 0 Å². The maximum atomic E-state index is 12.5. The first kappa shape index (κ1) is 17.0. The highest BCUT2D eigenvalue weighted by Crippen LogP contribution is 2.36. The lowest BCUT2D eigenvalue weighted by molar-refractivity contribution is 0.0735. The highest BCUT2D eigenvalue weighted by Gasteiger charge is 2.16. The summed E-state index contributed by atoms with van der Waals surface area (Å²) in [6, 6.07) is 19.9. The van der Waals surface area contributed by atoms with Crippen molar-refractivity contribution in [2.24, 2.45) is 0 Å². The molecule has 0 amide bonds. The van der Waals surface area contributed by atoms with E-state index in [1.54, 1.807) is 29.5 Å². The molecule has 0 N–H and O–H groups in total. The van der Waals surface area contributed by atoms with Gasteiger partial charge in [-0.15, -0.1) is 11.3 Å². The first-order chi connectivity index (χ1) is 12.6. The minimum Gasteiger partial charge on any atom is -0.422 e. The van der Waals surface area contributed by atoms with Gasteiger partial charge >= 0.3 is 5.97 Å². The molecular weight excluding hydrogens is 389 g/mol. The number of hydrogen-bond acceptors (Lipinski definition) is 4. The van der Waals surface area contributed by atoms with E-state index < -0.39 is 5.97 Å². The number of nitrogens with zero attached hydrogens (tertiary/aromatic N) is 1. The Bertz CT molecular complexity index is 1090. The number of halogens is 2. The SMILES string of the molecule is O=C(Oc1ccccc1-c1nc2ccccc2s1)c1ccc(Cl)c(Cl)c1. The van der Waals surface area contributed by atoms with Crippen LogP contribution < -0.4 is 4.74 Å². The quantitative estimate of drug-likeness (QED) is 0.292. The van der Waals surface area contributed by atoms with Crippen molar-refractivity contribution in [3.8, 4) is 16.3 Å². The number of para-hydroxylation sites is 2. The van der Waals surface area contributed by atoms with Crippen LogP contribution in [0.25, 0.3) is 20.8 Å². The second-order valence-electron chi connectivity index (χ2n) is 5.50. The Hall–Kier alpha value is -2.40. The molecule has 1 aromatic heterocycles. The molecule has 4 rings (SSSR count). The Morgan fingerprint density at radius 2 is 1.69 bits per heavy atom. The lowest BCUT2D eigenvalue weighted by atomic mass is 10.2. The van der Waals surface area contributed by atoms with E-state index in [1.165, 1.54) is 6.07 Å². The molecular formula is C20H11Cl2NO2S. The zero-order chi connectivity index (χ0) is 18.1. The molecule has 0 atom stereocenters. The Labute approximate surface area is 163 Å². The van der Waals surface area contributed by atoms with Gasteiger partial charge in [0.05, 0.1) is 31.4 Å². The zero-order valence-corrected chi connectivity index (χ0v) is 15.6. The maximum Gasteiger partial charge on any atom is 0.343 e. The monoisotopic (exact) mass is 399 g/mol. The number of hydrogen-bond donors (Lipinski definition) is 0. The van der Waals surface area contributed by atoms with Gasteiger partial charge in [-0.25, -0.2) is 9.78 Å². The minimum absolute atomic E-state index is 0.306. The zero-order valence-electron chi connectivity index (χ0n) is 13.3. The third kappa shape index (κ3) is 3.31. The fourth-order valence-electron chi connectivity index (χ4n) is 2.50. The van der Waals surface area contributed by atoms with Crippen molar-refractivity contribution in [1.82, 2.24) is 4.98 Å². The molecule has 0 radical (unpaired) electrons. The van der Waals surface area contributed by atoms with E-state index >= 15 is 0 Å². The Morgan fingerprint density at radius 3 is 2.50 bits per heavy atom. The Kier molecular flexibility index (Phi) is 4.64. The lowest BCUT2D eigenvalue weighted by Gasteiger charge is -2.08. The van der Waals surface area contributed by atoms with Crippen molar-refractivity contribution in [3.63, 3.8) is 0 Å². The maximum absolute atomic E-state index is 12.5. The molecule has 1 heterocycles. The third-order valence-electron chi connectivity index (χ3n) is 3.77. The van der Waals surface area contributed by atoms with Crippen LogP contribution in [-0.4, -0.2) is 11.0 Å². The van der Waals surface area contributed by atoms with Crippen LogP contribution >= 0.6 is 34.5 Å². The smallest absolute Gasteiger partial charge is 0.343 e. The van der Waals surface area contributed by atoms with E-state index in [4.69, 9.17) is 27.9 Å². The lowest BCUT2D eigenvalue weighted by Crippen LogP contribution is -2.09. The van der Waals surface area contributed by atoms with Crippen LogP contribution in [0.2, 0.25) is 10.0 Å². The molecule has 3 aromatic carbocycles. The second kappa shape index (κ2) is 7.08. The van der Waals surface area contributed by atoms with Gasteiger partial charge in [-0.1, -0.05) is 47.5 Å². The standard InChI is InChI=1S/C20H11Cl2NO2S/c21-14-10-9-12(11-15(14)22)20(24)25-17-7-3-1-5-13(17)19-23-16-6-2-4-8-18(16)26-19/h1-11H. The van der Waals surface area contributed by atoms with Gasteiger partial charge in [-0.3, -0.25) is 0 Å². The van der Waals surface area contributed by atoms with Crippen molar-refractivity contribution in [2.45, 2.75) is 0 Å². The summed E-state index contributed by atoms with van der Waals surface area (Å²) in [5.41, 5.74) is 2.01. The average Bonchev–Trinajstić information content (AvgIpc) is 3.08. The van der Waals surface area contributed by atoms with Gasteiger partial charge in [-0.2, -0.15) is 0 Å². The summed E-state index contributed by atoms with van der Waals surface area (Å²) in [6.07, 6.45) is 0. The van der Waals surface area contributed by atoms with Crippen molar-refractivity contribution >= 4 is 50.7 Å². The second-order valence-corrected chi connectivity index (χ2v) is 7.35. The Balaban J connectivity index is 1.69. The van der Waals surface area contributed by atoms with Crippen LogP contribution in [0.1, 0.15) is 10.4 Å². The molecule has 0 spiro atoms. The van der Waals surface area contributed by atoms with Crippen LogP contribution in [0.3, 0.4) is 0 Å². The van der Waals surface area contributed by atoms with Crippen LogP contribution in [0.15, 0.2) is 66.7 Å². The highest BCUT2D eigenvalue weighted by atomic mass is 35.5. The molecule has 0 aliphatic rings. The number of rotatable bonds is 3. The summed E-state index contributed by atoms with van der Waals surface area (Å²) in [6.45, 7) is 0. The predicted molar refractivity (Wildman–Crippen MR) is 106 cm³/mol. The summed E-state index contributed by atoms with van der Waals surface area (Å²) in [4.78, 5) is 17.1. The third-order valence-corrected chi connectivity index (χ3v) is 5.58. The summed E-state index contributed by atoms with van der Waals surface area (Å²) in [5.74, 6) is -0.0558. The molecule has 0 saturated heterocycles. The number of carbonyl (C=O) groups is 1. The van der Waals surface area contributed by atoms with Gasteiger partial charge in [0, 0.05) is 0 Å². The van der Waals surface area contributed by atoms with Gasteiger partial charge in [0.25, 0.3) is 0 Å². The van der Waals surface area contributed by atoms with E-state index in [0.29, 0.717) is 21.4 Å².